The highest BCUT2D eigenvalue weighted by molar-refractivity contribution is 5.97. The molecular formula is C37H40N2O6. The number of nitrogens with one attached hydrogen (secondary N) is 1. The van der Waals surface area contributed by atoms with Crippen LogP contribution in [0.2, 0.25) is 0 Å². The van der Waals surface area contributed by atoms with Crippen LogP contribution in [0.4, 0.5) is 10.5 Å². The summed E-state index contributed by atoms with van der Waals surface area (Å²) >= 11 is 0. The van der Waals surface area contributed by atoms with Gasteiger partial charge in [-0.1, -0.05) is 36.4 Å². The number of ether oxygens (including phenoxy) is 2. The average molecular weight is 609 g/mol. The maximum atomic E-state index is 13.9. The molecule has 234 valence electrons. The first-order valence-electron chi connectivity index (χ1n) is 15.0. The molecule has 45 heavy (non-hydrogen) atoms. The summed E-state index contributed by atoms with van der Waals surface area (Å²) in [7, 11) is 0. The molecule has 8 nitrogen and oxygen atoms in total. The molecule has 0 aliphatic rings. The molecule has 1 unspecified atom stereocenters. The lowest BCUT2D eigenvalue weighted by Gasteiger charge is -2.23. The van der Waals surface area contributed by atoms with Gasteiger partial charge in [-0.3, -0.25) is 4.79 Å². The van der Waals surface area contributed by atoms with Crippen molar-refractivity contribution >= 4 is 39.6 Å². The van der Waals surface area contributed by atoms with Crippen LogP contribution in [0.25, 0.3) is 33.3 Å². The fourth-order valence-corrected chi connectivity index (χ4v) is 5.39. The number of para-hydroxylation sites is 2. The summed E-state index contributed by atoms with van der Waals surface area (Å²) in [5, 5.41) is 4.68. The van der Waals surface area contributed by atoms with E-state index in [9.17, 15) is 14.4 Å². The zero-order valence-electron chi connectivity index (χ0n) is 27.3. The first-order chi connectivity index (χ1) is 21.0. The van der Waals surface area contributed by atoms with Crippen molar-refractivity contribution in [1.82, 2.24) is 4.57 Å². The highest BCUT2D eigenvalue weighted by atomic mass is 16.6. The number of aryl methyl sites for hydroxylation is 1. The van der Waals surface area contributed by atoms with E-state index in [0.717, 1.165) is 16.5 Å². The lowest BCUT2D eigenvalue weighted by atomic mass is 9.99. The number of fused-ring (bicyclic) bond motifs is 2. The van der Waals surface area contributed by atoms with Gasteiger partial charge < -0.3 is 19.2 Å². The molecule has 0 aliphatic heterocycles. The third kappa shape index (κ3) is 6.50. The Morgan fingerprint density at radius 3 is 2.20 bits per heavy atom. The zero-order valence-corrected chi connectivity index (χ0v) is 27.3. The number of aromatic nitrogens is 1. The number of esters is 1. The smallest absolute Gasteiger partial charge is 0.419 e. The Morgan fingerprint density at radius 2 is 1.51 bits per heavy atom. The molecule has 1 N–H and O–H groups in total. The van der Waals surface area contributed by atoms with Crippen molar-refractivity contribution in [2.24, 2.45) is 0 Å². The van der Waals surface area contributed by atoms with E-state index in [1.165, 1.54) is 4.57 Å². The lowest BCUT2D eigenvalue weighted by molar-refractivity contribution is 0.00703. The molecular weight excluding hydrogens is 568 g/mol. The number of nitrogens with zero attached hydrogens (tertiary/aromatic N) is 1. The molecule has 0 aliphatic carbocycles. The van der Waals surface area contributed by atoms with Gasteiger partial charge >= 0.3 is 12.1 Å². The first-order valence-corrected chi connectivity index (χ1v) is 15.0. The second-order valence-corrected chi connectivity index (χ2v) is 13.4. The summed E-state index contributed by atoms with van der Waals surface area (Å²) in [6, 6.07) is 19.9. The second-order valence-electron chi connectivity index (χ2n) is 13.4. The minimum Gasteiger partial charge on any atom is -0.456 e. The third-order valence-electron chi connectivity index (χ3n) is 7.30. The van der Waals surface area contributed by atoms with Crippen LogP contribution in [0.1, 0.15) is 81.6 Å². The minimum absolute atomic E-state index is 0.196. The van der Waals surface area contributed by atoms with Gasteiger partial charge in [-0.2, -0.15) is 0 Å². The van der Waals surface area contributed by atoms with E-state index in [2.05, 4.69) is 5.32 Å². The number of rotatable bonds is 5. The Bertz CT molecular complexity index is 2000. The Labute approximate surface area is 263 Å². The Kier molecular flexibility index (Phi) is 8.12. The quantitative estimate of drug-likeness (QED) is 0.199. The third-order valence-corrected chi connectivity index (χ3v) is 7.30. The standard InChI is InChI=1S/C37H40N2O6/c1-21-18-26(23(3)38-28-16-12-11-15-25(28)34(41)44-36(4,5)6)33-27(19-21)31(40)22(2)32(43-33)30-20-24-14-10-13-17-29(24)39(30)35(42)45-37(7,8)9/h10-20,23,38H,1-9H3. The van der Waals surface area contributed by atoms with Crippen LogP contribution in [-0.4, -0.2) is 27.8 Å². The van der Waals surface area contributed by atoms with Crippen LogP contribution in [0.3, 0.4) is 0 Å². The van der Waals surface area contributed by atoms with E-state index < -0.39 is 23.3 Å². The van der Waals surface area contributed by atoms with Gasteiger partial charge in [0.1, 0.15) is 16.8 Å². The molecule has 0 saturated carbocycles. The number of hydrogen-bond acceptors (Lipinski definition) is 7. The molecule has 0 saturated heterocycles. The van der Waals surface area contributed by atoms with E-state index in [-0.39, 0.29) is 17.2 Å². The van der Waals surface area contributed by atoms with Gasteiger partial charge in [0.05, 0.1) is 28.2 Å². The normalized spacial score (nSPS) is 12.7. The summed E-state index contributed by atoms with van der Waals surface area (Å²) in [4.78, 5) is 40.5. The Hall–Kier alpha value is -4.85. The Morgan fingerprint density at radius 1 is 0.867 bits per heavy atom. The molecule has 0 radical (unpaired) electrons. The van der Waals surface area contributed by atoms with E-state index in [1.54, 1.807) is 19.1 Å². The van der Waals surface area contributed by atoms with E-state index in [1.807, 2.05) is 110 Å². The molecule has 0 amide bonds. The molecule has 5 rings (SSSR count). The molecule has 0 fully saturated rings. The highest BCUT2D eigenvalue weighted by Crippen LogP contribution is 2.35. The zero-order chi connectivity index (χ0) is 32.8. The summed E-state index contributed by atoms with van der Waals surface area (Å²) < 4.78 is 19.5. The fourth-order valence-electron chi connectivity index (χ4n) is 5.39. The van der Waals surface area contributed by atoms with Gasteiger partial charge in [0.15, 0.2) is 11.2 Å². The highest BCUT2D eigenvalue weighted by Gasteiger charge is 2.27. The van der Waals surface area contributed by atoms with Gasteiger partial charge in [-0.25, -0.2) is 14.2 Å². The van der Waals surface area contributed by atoms with E-state index in [4.69, 9.17) is 13.9 Å². The van der Waals surface area contributed by atoms with E-state index >= 15 is 0 Å². The van der Waals surface area contributed by atoms with Crippen LogP contribution in [0, 0.1) is 13.8 Å². The maximum absolute atomic E-state index is 13.9. The predicted molar refractivity (Wildman–Crippen MR) is 178 cm³/mol. The van der Waals surface area contributed by atoms with Gasteiger partial charge in [-0.15, -0.1) is 0 Å². The number of benzene rings is 3. The fraction of sp³-hybridized carbons (Fsp3) is 0.324. The maximum Gasteiger partial charge on any atom is 0.419 e. The molecule has 8 heteroatoms. The molecule has 3 aromatic carbocycles. The van der Waals surface area contributed by atoms with Crippen molar-refractivity contribution in [3.63, 3.8) is 0 Å². The van der Waals surface area contributed by atoms with Crippen LogP contribution >= 0.6 is 0 Å². The largest absolute Gasteiger partial charge is 0.456 e. The number of carbonyl (C=O) groups excluding carboxylic acids is 2. The monoisotopic (exact) mass is 608 g/mol. The topological polar surface area (TPSA) is 99.8 Å². The second kappa shape index (κ2) is 11.6. The van der Waals surface area contributed by atoms with Crippen LogP contribution < -0.4 is 10.7 Å². The molecule has 2 aromatic heterocycles. The Balaban J connectivity index is 1.67. The van der Waals surface area contributed by atoms with Gasteiger partial charge in [0.25, 0.3) is 0 Å². The minimum atomic E-state index is -0.736. The van der Waals surface area contributed by atoms with Crippen LogP contribution in [0.5, 0.6) is 0 Å². The van der Waals surface area contributed by atoms with Gasteiger partial charge in [-0.05, 0) is 98.2 Å². The molecule has 0 spiro atoms. The lowest BCUT2D eigenvalue weighted by Crippen LogP contribution is -2.27. The van der Waals surface area contributed by atoms with Crippen molar-refractivity contribution in [2.75, 3.05) is 5.32 Å². The average Bonchev–Trinajstić information content (AvgIpc) is 3.33. The summed E-state index contributed by atoms with van der Waals surface area (Å²) in [6.07, 6.45) is -0.571. The SMILES string of the molecule is Cc1cc(C(C)Nc2ccccc2C(=O)OC(C)(C)C)c2oc(-c3cc4ccccc4n3C(=O)OC(C)(C)C)c(C)c(=O)c2c1. The molecule has 1 atom stereocenters. The molecule has 2 heterocycles. The van der Waals surface area contributed by atoms with Crippen molar-refractivity contribution in [1.29, 1.82) is 0 Å². The van der Waals surface area contributed by atoms with Gasteiger partial charge in [0, 0.05) is 22.2 Å². The summed E-state index contributed by atoms with van der Waals surface area (Å²) in [6.45, 7) is 16.5. The molecule has 5 aromatic rings. The van der Waals surface area contributed by atoms with E-state index in [0.29, 0.717) is 39.0 Å². The predicted octanol–water partition coefficient (Wildman–Crippen LogP) is 8.94. The van der Waals surface area contributed by atoms with Crippen LogP contribution in [-0.2, 0) is 9.47 Å². The number of hydrogen-bond donors (Lipinski definition) is 1. The first kappa shape index (κ1) is 31.6. The number of anilines is 1. The van der Waals surface area contributed by atoms with Crippen molar-refractivity contribution in [3.05, 3.63) is 99.2 Å². The summed E-state index contributed by atoms with van der Waals surface area (Å²) in [5.74, 6) is -0.160. The van der Waals surface area contributed by atoms with Crippen molar-refractivity contribution < 1.29 is 23.5 Å². The molecule has 0 bridgehead atoms. The van der Waals surface area contributed by atoms with Crippen molar-refractivity contribution in [3.8, 4) is 11.5 Å². The summed E-state index contributed by atoms with van der Waals surface area (Å²) in [5.41, 5.74) is 2.85. The van der Waals surface area contributed by atoms with Gasteiger partial charge in [0.2, 0.25) is 0 Å². The number of carbonyl (C=O) groups is 2. The van der Waals surface area contributed by atoms with Crippen molar-refractivity contribution in [2.45, 2.75) is 79.6 Å². The van der Waals surface area contributed by atoms with Crippen LogP contribution in [0.15, 0.2) is 75.9 Å².